The Kier molecular flexibility index (Phi) is 7.66. The first-order chi connectivity index (χ1) is 10.3. The summed E-state index contributed by atoms with van der Waals surface area (Å²) in [6.45, 7) is 5.61. The van der Waals surface area contributed by atoms with Crippen molar-refractivity contribution >= 4 is 11.8 Å². The molecule has 0 radical (unpaired) electrons. The lowest BCUT2D eigenvalue weighted by atomic mass is 9.87. The first-order valence-corrected chi connectivity index (χ1v) is 9.79. The normalized spacial score (nSPS) is 18.4. The van der Waals surface area contributed by atoms with E-state index in [0.717, 1.165) is 18.2 Å². The van der Waals surface area contributed by atoms with Crippen LogP contribution in [0.4, 0.5) is 0 Å². The van der Waals surface area contributed by atoms with Crippen LogP contribution in [0.2, 0.25) is 0 Å². The molecule has 0 saturated heterocycles. The molecule has 1 aromatic carbocycles. The third-order valence-corrected chi connectivity index (χ3v) is 5.43. The Labute approximate surface area is 135 Å². The first-order valence-electron chi connectivity index (χ1n) is 8.81. The standard InChI is InChI=1S/C19H31NS/c1-3-15-20-19(16-9-7-5-6-8-10-16)17-11-13-18(14-12-17)21-4-2/h11-14,16,19-20H,3-10,15H2,1-2H3. The largest absolute Gasteiger partial charge is 0.310 e. The van der Waals surface area contributed by atoms with E-state index in [9.17, 15) is 0 Å². The van der Waals surface area contributed by atoms with Crippen LogP contribution in [0.3, 0.4) is 0 Å². The number of hydrogen-bond donors (Lipinski definition) is 1. The van der Waals surface area contributed by atoms with E-state index < -0.39 is 0 Å². The van der Waals surface area contributed by atoms with Crippen LogP contribution in [-0.4, -0.2) is 12.3 Å². The summed E-state index contributed by atoms with van der Waals surface area (Å²) in [5.74, 6) is 1.98. The molecule has 1 atom stereocenters. The van der Waals surface area contributed by atoms with Gasteiger partial charge in [-0.25, -0.2) is 0 Å². The number of benzene rings is 1. The van der Waals surface area contributed by atoms with E-state index in [2.05, 4.69) is 43.4 Å². The van der Waals surface area contributed by atoms with Crippen molar-refractivity contribution in [2.24, 2.45) is 5.92 Å². The van der Waals surface area contributed by atoms with Gasteiger partial charge in [0.05, 0.1) is 0 Å². The molecular weight excluding hydrogens is 274 g/mol. The minimum Gasteiger partial charge on any atom is -0.310 e. The van der Waals surface area contributed by atoms with Gasteiger partial charge in [0.15, 0.2) is 0 Å². The average molecular weight is 306 g/mol. The number of rotatable bonds is 7. The topological polar surface area (TPSA) is 12.0 Å². The second kappa shape index (κ2) is 9.53. The van der Waals surface area contributed by atoms with Crippen molar-refractivity contribution in [1.29, 1.82) is 0 Å². The highest BCUT2D eigenvalue weighted by atomic mass is 32.2. The Hall–Kier alpha value is -0.470. The minimum atomic E-state index is 0.559. The molecule has 1 unspecified atom stereocenters. The van der Waals surface area contributed by atoms with Crippen LogP contribution in [0.25, 0.3) is 0 Å². The quantitative estimate of drug-likeness (QED) is 0.504. The van der Waals surface area contributed by atoms with Crippen LogP contribution < -0.4 is 5.32 Å². The molecule has 2 heteroatoms. The van der Waals surface area contributed by atoms with Crippen molar-refractivity contribution in [2.75, 3.05) is 12.3 Å². The van der Waals surface area contributed by atoms with Crippen LogP contribution >= 0.6 is 11.8 Å². The second-order valence-electron chi connectivity index (χ2n) is 6.19. The van der Waals surface area contributed by atoms with E-state index in [1.165, 1.54) is 55.4 Å². The summed E-state index contributed by atoms with van der Waals surface area (Å²) in [4.78, 5) is 1.40. The van der Waals surface area contributed by atoms with Gasteiger partial charge in [-0.3, -0.25) is 0 Å². The smallest absolute Gasteiger partial charge is 0.0348 e. The van der Waals surface area contributed by atoms with Crippen molar-refractivity contribution in [3.63, 3.8) is 0 Å². The zero-order valence-corrected chi connectivity index (χ0v) is 14.6. The zero-order chi connectivity index (χ0) is 14.9. The molecule has 118 valence electrons. The van der Waals surface area contributed by atoms with E-state index >= 15 is 0 Å². The van der Waals surface area contributed by atoms with Crippen LogP contribution in [0, 0.1) is 5.92 Å². The predicted octanol–water partition coefficient (Wildman–Crippen LogP) is 5.81. The van der Waals surface area contributed by atoms with Crippen LogP contribution in [0.1, 0.15) is 70.4 Å². The maximum Gasteiger partial charge on any atom is 0.0348 e. The lowest BCUT2D eigenvalue weighted by molar-refractivity contribution is 0.325. The van der Waals surface area contributed by atoms with Crippen molar-refractivity contribution in [3.05, 3.63) is 29.8 Å². The van der Waals surface area contributed by atoms with E-state index in [1.54, 1.807) is 0 Å². The molecule has 0 aliphatic heterocycles. The van der Waals surface area contributed by atoms with Gasteiger partial charge in [-0.1, -0.05) is 51.7 Å². The molecule has 1 aromatic rings. The molecule has 1 saturated carbocycles. The van der Waals surface area contributed by atoms with Gasteiger partial charge >= 0.3 is 0 Å². The average Bonchev–Trinajstić information content (AvgIpc) is 2.79. The summed E-state index contributed by atoms with van der Waals surface area (Å²) in [6, 6.07) is 9.89. The SMILES string of the molecule is CCCNC(c1ccc(SCC)cc1)C1CCCCCC1. The van der Waals surface area contributed by atoms with Gasteiger partial charge in [-0.15, -0.1) is 11.8 Å². The second-order valence-corrected chi connectivity index (χ2v) is 7.52. The highest BCUT2D eigenvalue weighted by Gasteiger charge is 2.23. The van der Waals surface area contributed by atoms with Crippen molar-refractivity contribution in [3.8, 4) is 0 Å². The molecule has 0 heterocycles. The Bertz CT molecular complexity index is 379. The fourth-order valence-electron chi connectivity index (χ4n) is 3.44. The summed E-state index contributed by atoms with van der Waals surface area (Å²) < 4.78 is 0. The van der Waals surface area contributed by atoms with Gasteiger partial charge in [-0.2, -0.15) is 0 Å². The zero-order valence-electron chi connectivity index (χ0n) is 13.7. The maximum atomic E-state index is 3.83. The fraction of sp³-hybridized carbons (Fsp3) is 0.684. The Morgan fingerprint density at radius 3 is 2.29 bits per heavy atom. The summed E-state index contributed by atoms with van der Waals surface area (Å²) in [5, 5.41) is 3.83. The summed E-state index contributed by atoms with van der Waals surface area (Å²) in [6.07, 6.45) is 9.70. The van der Waals surface area contributed by atoms with Crippen LogP contribution in [0.5, 0.6) is 0 Å². The lowest BCUT2D eigenvalue weighted by Gasteiger charge is -2.28. The van der Waals surface area contributed by atoms with Crippen LogP contribution in [-0.2, 0) is 0 Å². The maximum absolute atomic E-state index is 3.83. The monoisotopic (exact) mass is 305 g/mol. The van der Waals surface area contributed by atoms with Gasteiger partial charge in [0.1, 0.15) is 0 Å². The highest BCUT2D eigenvalue weighted by Crippen LogP contribution is 2.34. The van der Waals surface area contributed by atoms with E-state index in [1.807, 2.05) is 11.8 Å². The molecule has 0 amide bonds. The number of thioether (sulfide) groups is 1. The van der Waals surface area contributed by atoms with Gasteiger partial charge in [-0.05, 0) is 55.2 Å². The van der Waals surface area contributed by atoms with Gasteiger partial charge in [0.25, 0.3) is 0 Å². The molecule has 0 spiro atoms. The molecule has 0 bridgehead atoms. The highest BCUT2D eigenvalue weighted by molar-refractivity contribution is 7.99. The van der Waals surface area contributed by atoms with E-state index in [-0.39, 0.29) is 0 Å². The minimum absolute atomic E-state index is 0.559. The number of hydrogen-bond acceptors (Lipinski definition) is 2. The van der Waals surface area contributed by atoms with Crippen molar-refractivity contribution in [1.82, 2.24) is 5.32 Å². The van der Waals surface area contributed by atoms with Crippen molar-refractivity contribution < 1.29 is 0 Å². The molecule has 1 fully saturated rings. The Morgan fingerprint density at radius 2 is 1.71 bits per heavy atom. The van der Waals surface area contributed by atoms with Gasteiger partial charge in [0, 0.05) is 10.9 Å². The molecular formula is C19H31NS. The predicted molar refractivity (Wildman–Crippen MR) is 95.1 cm³/mol. The molecule has 0 aromatic heterocycles. The molecule has 1 nitrogen and oxygen atoms in total. The third-order valence-electron chi connectivity index (χ3n) is 4.54. The summed E-state index contributed by atoms with van der Waals surface area (Å²) in [5.41, 5.74) is 1.50. The van der Waals surface area contributed by atoms with E-state index in [4.69, 9.17) is 0 Å². The van der Waals surface area contributed by atoms with E-state index in [0.29, 0.717) is 6.04 Å². The molecule has 1 N–H and O–H groups in total. The summed E-state index contributed by atoms with van der Waals surface area (Å²) >= 11 is 1.93. The number of nitrogens with one attached hydrogen (secondary N) is 1. The fourth-order valence-corrected chi connectivity index (χ4v) is 4.10. The molecule has 2 rings (SSSR count). The van der Waals surface area contributed by atoms with Gasteiger partial charge < -0.3 is 5.32 Å². The molecule has 21 heavy (non-hydrogen) atoms. The Morgan fingerprint density at radius 1 is 1.05 bits per heavy atom. The lowest BCUT2D eigenvalue weighted by Crippen LogP contribution is -2.29. The van der Waals surface area contributed by atoms with Crippen molar-refractivity contribution in [2.45, 2.75) is 69.7 Å². The summed E-state index contributed by atoms with van der Waals surface area (Å²) in [7, 11) is 0. The van der Waals surface area contributed by atoms with Crippen LogP contribution in [0.15, 0.2) is 29.2 Å². The van der Waals surface area contributed by atoms with Gasteiger partial charge in [0.2, 0.25) is 0 Å². The first kappa shape index (κ1) is 16.9. The third kappa shape index (κ3) is 5.34. The molecule has 1 aliphatic carbocycles. The Balaban J connectivity index is 2.09. The molecule has 1 aliphatic rings.